The molecule has 2 amide bonds. The van der Waals surface area contributed by atoms with E-state index in [-0.39, 0.29) is 11.7 Å². The largest absolute Gasteiger partial charge is 0.326 e. The van der Waals surface area contributed by atoms with Gasteiger partial charge in [-0.05, 0) is 29.8 Å². The van der Waals surface area contributed by atoms with Gasteiger partial charge < -0.3 is 10.6 Å². The van der Waals surface area contributed by atoms with E-state index in [0.717, 1.165) is 5.56 Å². The molecule has 6 heteroatoms. The van der Waals surface area contributed by atoms with Gasteiger partial charge in [-0.3, -0.25) is 9.59 Å². The summed E-state index contributed by atoms with van der Waals surface area (Å²) < 4.78 is 12.9. The molecule has 20 heavy (non-hydrogen) atoms. The van der Waals surface area contributed by atoms with Crippen LogP contribution in [0.4, 0.5) is 15.9 Å². The normalized spacial score (nSPS) is 12.8. The van der Waals surface area contributed by atoms with Gasteiger partial charge in [0.2, 0.25) is 11.9 Å². The summed E-state index contributed by atoms with van der Waals surface area (Å²) in [4.78, 5) is 26.8. The molecule has 1 aromatic carbocycles. The third-order valence-electron chi connectivity index (χ3n) is 2.95. The average Bonchev–Trinajstić information content (AvgIpc) is 2.77. The van der Waals surface area contributed by atoms with Crippen molar-refractivity contribution in [1.82, 2.24) is 4.98 Å². The first-order valence-electron chi connectivity index (χ1n) is 5.98. The van der Waals surface area contributed by atoms with Gasteiger partial charge in [-0.1, -0.05) is 12.1 Å². The topological polar surface area (TPSA) is 71.1 Å². The molecule has 1 aromatic heterocycles. The summed E-state index contributed by atoms with van der Waals surface area (Å²) in [5, 5.41) is 5.17. The number of hydrogen-bond acceptors (Lipinski definition) is 3. The summed E-state index contributed by atoms with van der Waals surface area (Å²) in [5.41, 5.74) is 1.86. The number of rotatable bonds is 2. The van der Waals surface area contributed by atoms with Crippen molar-refractivity contribution in [3.63, 3.8) is 0 Å². The fourth-order valence-corrected chi connectivity index (χ4v) is 2.02. The molecule has 0 saturated carbocycles. The molecule has 0 saturated heterocycles. The number of benzene rings is 1. The number of halogens is 1. The van der Waals surface area contributed by atoms with Crippen LogP contribution in [-0.4, -0.2) is 16.8 Å². The fourth-order valence-electron chi connectivity index (χ4n) is 2.02. The number of nitrogens with one attached hydrogen (secondary N) is 2. The number of carbonyl (C=O) groups is 2. The number of carbonyl (C=O) groups excluding carboxylic acids is 2. The zero-order valence-corrected chi connectivity index (χ0v) is 10.3. The van der Waals surface area contributed by atoms with Gasteiger partial charge in [0.25, 0.3) is 5.91 Å². The third kappa shape index (κ3) is 2.35. The summed E-state index contributed by atoms with van der Waals surface area (Å²) in [5.74, 6) is -1.03. The van der Waals surface area contributed by atoms with Gasteiger partial charge in [-0.15, -0.1) is 0 Å². The maximum absolute atomic E-state index is 12.9. The van der Waals surface area contributed by atoms with Crippen molar-refractivity contribution in [2.45, 2.75) is 6.42 Å². The number of fused-ring (bicyclic) bond motifs is 1. The molecule has 0 aliphatic carbocycles. The van der Waals surface area contributed by atoms with E-state index in [4.69, 9.17) is 0 Å². The third-order valence-corrected chi connectivity index (χ3v) is 2.95. The molecular formula is C14H10FN3O2. The molecule has 100 valence electrons. The fraction of sp³-hybridized carbons (Fsp3) is 0.0714. The SMILES string of the molecule is O=C1Cc2ccc(C(=O)Nc3cccc(F)n3)cc2N1. The van der Waals surface area contributed by atoms with Crippen molar-refractivity contribution in [3.8, 4) is 0 Å². The van der Waals surface area contributed by atoms with Crippen LogP contribution in [0.25, 0.3) is 0 Å². The van der Waals surface area contributed by atoms with Crippen LogP contribution in [0.1, 0.15) is 15.9 Å². The van der Waals surface area contributed by atoms with Crippen LogP contribution < -0.4 is 10.6 Å². The highest BCUT2D eigenvalue weighted by atomic mass is 19.1. The number of anilines is 2. The summed E-state index contributed by atoms with van der Waals surface area (Å²) >= 11 is 0. The maximum Gasteiger partial charge on any atom is 0.256 e. The molecule has 0 spiro atoms. The molecule has 2 N–H and O–H groups in total. The van der Waals surface area contributed by atoms with Gasteiger partial charge in [-0.25, -0.2) is 4.98 Å². The Morgan fingerprint density at radius 1 is 1.30 bits per heavy atom. The highest BCUT2D eigenvalue weighted by molar-refractivity contribution is 6.06. The monoisotopic (exact) mass is 271 g/mol. The summed E-state index contributed by atoms with van der Waals surface area (Å²) in [6, 6.07) is 9.08. The van der Waals surface area contributed by atoms with Crippen LogP contribution in [0.3, 0.4) is 0 Å². The number of amides is 2. The Morgan fingerprint density at radius 3 is 2.95 bits per heavy atom. The van der Waals surface area contributed by atoms with E-state index in [0.29, 0.717) is 17.7 Å². The lowest BCUT2D eigenvalue weighted by Gasteiger charge is -2.06. The van der Waals surface area contributed by atoms with Gasteiger partial charge in [-0.2, -0.15) is 4.39 Å². The molecule has 5 nitrogen and oxygen atoms in total. The predicted molar refractivity (Wildman–Crippen MR) is 70.9 cm³/mol. The van der Waals surface area contributed by atoms with Crippen molar-refractivity contribution in [3.05, 3.63) is 53.5 Å². The maximum atomic E-state index is 12.9. The van der Waals surface area contributed by atoms with Crippen LogP contribution in [0.15, 0.2) is 36.4 Å². The molecule has 0 bridgehead atoms. The summed E-state index contributed by atoms with van der Waals surface area (Å²) in [6.07, 6.45) is 0.322. The minimum Gasteiger partial charge on any atom is -0.326 e. The van der Waals surface area contributed by atoms with Gasteiger partial charge in [0.1, 0.15) is 5.82 Å². The van der Waals surface area contributed by atoms with Gasteiger partial charge in [0, 0.05) is 11.3 Å². The van der Waals surface area contributed by atoms with Crippen molar-refractivity contribution in [2.24, 2.45) is 0 Å². The molecule has 0 unspecified atom stereocenters. The van der Waals surface area contributed by atoms with E-state index in [2.05, 4.69) is 15.6 Å². The van der Waals surface area contributed by atoms with Crippen LogP contribution in [0.2, 0.25) is 0 Å². The zero-order chi connectivity index (χ0) is 14.1. The van der Waals surface area contributed by atoms with Crippen LogP contribution in [0, 0.1) is 5.95 Å². The quantitative estimate of drug-likeness (QED) is 0.820. The van der Waals surface area contributed by atoms with Crippen LogP contribution in [0.5, 0.6) is 0 Å². The Morgan fingerprint density at radius 2 is 2.15 bits per heavy atom. The summed E-state index contributed by atoms with van der Waals surface area (Å²) in [7, 11) is 0. The smallest absolute Gasteiger partial charge is 0.256 e. The Labute approximate surface area is 113 Å². The first-order chi connectivity index (χ1) is 9.61. The van der Waals surface area contributed by atoms with Gasteiger partial charge in [0.15, 0.2) is 0 Å². The van der Waals surface area contributed by atoms with Crippen LogP contribution >= 0.6 is 0 Å². The average molecular weight is 271 g/mol. The lowest BCUT2D eigenvalue weighted by Crippen LogP contribution is -2.13. The lowest BCUT2D eigenvalue weighted by molar-refractivity contribution is -0.115. The minimum atomic E-state index is -0.663. The molecule has 2 heterocycles. The van der Waals surface area contributed by atoms with Crippen molar-refractivity contribution < 1.29 is 14.0 Å². The Kier molecular flexibility index (Phi) is 2.90. The van der Waals surface area contributed by atoms with Gasteiger partial charge >= 0.3 is 0 Å². The molecule has 0 atom stereocenters. The zero-order valence-electron chi connectivity index (χ0n) is 10.3. The Hall–Kier alpha value is -2.76. The van der Waals surface area contributed by atoms with E-state index < -0.39 is 11.9 Å². The molecule has 1 aliphatic heterocycles. The molecule has 1 aliphatic rings. The van der Waals surface area contributed by atoms with Crippen molar-refractivity contribution >= 4 is 23.3 Å². The standard InChI is InChI=1S/C14H10FN3O2/c15-11-2-1-3-12(17-11)18-14(20)9-5-4-8-7-13(19)16-10(8)6-9/h1-6H,7H2,(H,16,19)(H,17,18,20). The minimum absolute atomic E-state index is 0.0932. The second-order valence-corrected chi connectivity index (χ2v) is 4.40. The molecule has 2 aromatic rings. The van der Waals surface area contributed by atoms with Crippen molar-refractivity contribution in [1.29, 1.82) is 0 Å². The first kappa shape index (κ1) is 12.3. The predicted octanol–water partition coefficient (Wildman–Crippen LogP) is 1.97. The second kappa shape index (κ2) is 4.73. The molecule has 3 rings (SSSR count). The second-order valence-electron chi connectivity index (χ2n) is 4.40. The summed E-state index contributed by atoms with van der Waals surface area (Å²) in [6.45, 7) is 0. The van der Waals surface area contributed by atoms with E-state index in [1.807, 2.05) is 0 Å². The Bertz CT molecular complexity index is 715. The Balaban J connectivity index is 1.81. The van der Waals surface area contributed by atoms with E-state index >= 15 is 0 Å². The molecule has 0 radical (unpaired) electrons. The van der Waals surface area contributed by atoms with E-state index in [1.165, 1.54) is 18.2 Å². The van der Waals surface area contributed by atoms with Gasteiger partial charge in [0.05, 0.1) is 6.42 Å². The molecule has 0 fully saturated rings. The number of hydrogen-bond donors (Lipinski definition) is 2. The lowest BCUT2D eigenvalue weighted by atomic mass is 10.1. The van der Waals surface area contributed by atoms with E-state index in [1.54, 1.807) is 18.2 Å². The molecular weight excluding hydrogens is 261 g/mol. The van der Waals surface area contributed by atoms with Crippen LogP contribution in [-0.2, 0) is 11.2 Å². The first-order valence-corrected chi connectivity index (χ1v) is 5.98. The highest BCUT2D eigenvalue weighted by Crippen LogP contribution is 2.24. The number of pyridine rings is 1. The number of aromatic nitrogens is 1. The highest BCUT2D eigenvalue weighted by Gasteiger charge is 2.19. The van der Waals surface area contributed by atoms with Crippen molar-refractivity contribution in [2.75, 3.05) is 10.6 Å². The van der Waals surface area contributed by atoms with E-state index in [9.17, 15) is 14.0 Å². The number of nitrogens with zero attached hydrogens (tertiary/aromatic N) is 1.